The SMILES string of the molecule is COCc1cnc2c(c1SCC(=O)N1CCCC1)c(=O)n(C)c(=O)n2C. The highest BCUT2D eigenvalue weighted by molar-refractivity contribution is 8.00. The molecule has 2 aromatic heterocycles. The minimum absolute atomic E-state index is 0.0578. The largest absolute Gasteiger partial charge is 0.380 e. The lowest BCUT2D eigenvalue weighted by atomic mass is 10.2. The number of thioether (sulfide) groups is 1. The molecule has 0 radical (unpaired) electrons. The summed E-state index contributed by atoms with van der Waals surface area (Å²) in [6.07, 6.45) is 3.67. The fraction of sp³-hybridized carbons (Fsp3) is 0.529. The number of fused-ring (bicyclic) bond motifs is 1. The molecule has 1 aliphatic heterocycles. The molecule has 0 aliphatic carbocycles. The van der Waals surface area contributed by atoms with Gasteiger partial charge in [-0.1, -0.05) is 0 Å². The molecule has 0 bridgehead atoms. The van der Waals surface area contributed by atoms with Crippen LogP contribution in [0.4, 0.5) is 0 Å². The van der Waals surface area contributed by atoms with E-state index in [1.54, 1.807) is 20.4 Å². The van der Waals surface area contributed by atoms with Crippen LogP contribution in [0.15, 0.2) is 20.7 Å². The van der Waals surface area contributed by atoms with E-state index in [2.05, 4.69) is 4.98 Å². The number of pyridine rings is 1. The third-order valence-corrected chi connectivity index (χ3v) is 5.74. The van der Waals surface area contributed by atoms with Crippen LogP contribution in [0.5, 0.6) is 0 Å². The van der Waals surface area contributed by atoms with Gasteiger partial charge in [-0.3, -0.25) is 18.7 Å². The van der Waals surface area contributed by atoms with Gasteiger partial charge in [0, 0.05) is 51.0 Å². The zero-order valence-corrected chi connectivity index (χ0v) is 16.0. The van der Waals surface area contributed by atoms with Crippen LogP contribution in [0, 0.1) is 0 Å². The van der Waals surface area contributed by atoms with Gasteiger partial charge in [0.2, 0.25) is 5.91 Å². The van der Waals surface area contributed by atoms with Gasteiger partial charge in [-0.25, -0.2) is 9.78 Å². The number of nitrogens with zero attached hydrogens (tertiary/aromatic N) is 4. The van der Waals surface area contributed by atoms with Crippen LogP contribution in [0.25, 0.3) is 11.0 Å². The Hall–Kier alpha value is -2.13. The molecule has 0 saturated carbocycles. The van der Waals surface area contributed by atoms with E-state index in [1.807, 2.05) is 4.90 Å². The Morgan fingerprint density at radius 2 is 1.92 bits per heavy atom. The summed E-state index contributed by atoms with van der Waals surface area (Å²) in [5.74, 6) is 0.296. The molecule has 8 nitrogen and oxygen atoms in total. The maximum atomic E-state index is 12.7. The van der Waals surface area contributed by atoms with Crippen molar-refractivity contribution in [1.29, 1.82) is 0 Å². The molecule has 3 rings (SSSR count). The van der Waals surface area contributed by atoms with E-state index in [9.17, 15) is 14.4 Å². The van der Waals surface area contributed by atoms with Crippen LogP contribution in [0.1, 0.15) is 18.4 Å². The molecule has 2 aromatic rings. The highest BCUT2D eigenvalue weighted by Crippen LogP contribution is 2.29. The van der Waals surface area contributed by atoms with Crippen molar-refractivity contribution in [2.45, 2.75) is 24.3 Å². The quantitative estimate of drug-likeness (QED) is 0.704. The van der Waals surface area contributed by atoms with Crippen molar-refractivity contribution in [3.8, 4) is 0 Å². The van der Waals surface area contributed by atoms with Gasteiger partial charge in [-0.05, 0) is 12.8 Å². The number of likely N-dealkylation sites (tertiary alicyclic amines) is 1. The van der Waals surface area contributed by atoms with E-state index < -0.39 is 11.2 Å². The average molecular weight is 378 g/mol. The Labute approximate surface area is 154 Å². The molecular formula is C17H22N4O4S. The fourth-order valence-electron chi connectivity index (χ4n) is 3.16. The van der Waals surface area contributed by atoms with Gasteiger partial charge < -0.3 is 9.64 Å². The van der Waals surface area contributed by atoms with Crippen LogP contribution in [-0.4, -0.2) is 50.9 Å². The molecular weight excluding hydrogens is 356 g/mol. The van der Waals surface area contributed by atoms with Crippen molar-refractivity contribution >= 4 is 28.7 Å². The zero-order chi connectivity index (χ0) is 18.8. The molecule has 140 valence electrons. The van der Waals surface area contributed by atoms with Gasteiger partial charge in [-0.2, -0.15) is 0 Å². The molecule has 0 atom stereocenters. The van der Waals surface area contributed by atoms with E-state index in [4.69, 9.17) is 4.74 Å². The highest BCUT2D eigenvalue weighted by Gasteiger charge is 2.21. The molecule has 26 heavy (non-hydrogen) atoms. The van der Waals surface area contributed by atoms with Crippen LogP contribution in [0.3, 0.4) is 0 Å². The lowest BCUT2D eigenvalue weighted by molar-refractivity contribution is -0.127. The van der Waals surface area contributed by atoms with Gasteiger partial charge in [0.05, 0.1) is 17.7 Å². The monoisotopic (exact) mass is 378 g/mol. The number of methoxy groups -OCH3 is 1. The number of carbonyl (C=O) groups is 1. The van der Waals surface area contributed by atoms with Crippen LogP contribution >= 0.6 is 11.8 Å². The van der Waals surface area contributed by atoms with Crippen molar-refractivity contribution in [3.63, 3.8) is 0 Å². The Kier molecular flexibility index (Phi) is 5.47. The van der Waals surface area contributed by atoms with Crippen molar-refractivity contribution in [1.82, 2.24) is 19.0 Å². The first kappa shape index (κ1) is 18.7. The van der Waals surface area contributed by atoms with E-state index in [-0.39, 0.29) is 18.3 Å². The maximum Gasteiger partial charge on any atom is 0.332 e. The maximum absolute atomic E-state index is 12.7. The number of rotatable bonds is 5. The minimum Gasteiger partial charge on any atom is -0.380 e. The molecule has 0 unspecified atom stereocenters. The second-order valence-electron chi connectivity index (χ2n) is 6.33. The number of carbonyl (C=O) groups excluding carboxylic acids is 1. The normalized spacial score (nSPS) is 14.3. The standard InChI is InChI=1S/C17H22N4O4S/c1-19-15-13(16(23)20(2)17(19)24)14(11(8-18-15)9-25-3)26-10-12(22)21-6-4-5-7-21/h8H,4-7,9-10H2,1-3H3. The van der Waals surface area contributed by atoms with Crippen molar-refractivity contribution in [2.75, 3.05) is 26.0 Å². The fourth-order valence-corrected chi connectivity index (χ4v) is 4.23. The van der Waals surface area contributed by atoms with Gasteiger partial charge >= 0.3 is 5.69 Å². The Bertz CT molecular complexity index is 960. The first-order chi connectivity index (χ1) is 12.5. The molecule has 9 heteroatoms. The smallest absolute Gasteiger partial charge is 0.332 e. The Morgan fingerprint density at radius 3 is 2.58 bits per heavy atom. The van der Waals surface area contributed by atoms with Crippen LogP contribution < -0.4 is 11.2 Å². The number of hydrogen-bond donors (Lipinski definition) is 0. The second-order valence-corrected chi connectivity index (χ2v) is 7.31. The first-order valence-electron chi connectivity index (χ1n) is 8.42. The number of aryl methyl sites for hydroxylation is 1. The molecule has 1 aliphatic rings. The first-order valence-corrected chi connectivity index (χ1v) is 9.41. The van der Waals surface area contributed by atoms with Crippen LogP contribution in [-0.2, 0) is 30.2 Å². The number of aromatic nitrogens is 3. The molecule has 0 aromatic carbocycles. The lowest BCUT2D eigenvalue weighted by Crippen LogP contribution is -2.37. The van der Waals surface area contributed by atoms with Gasteiger partial charge in [0.1, 0.15) is 5.65 Å². The van der Waals surface area contributed by atoms with Gasteiger partial charge in [-0.15, -0.1) is 11.8 Å². The summed E-state index contributed by atoms with van der Waals surface area (Å²) in [6, 6.07) is 0. The molecule has 1 saturated heterocycles. The summed E-state index contributed by atoms with van der Waals surface area (Å²) in [5.41, 5.74) is 0.201. The van der Waals surface area contributed by atoms with Crippen LogP contribution in [0.2, 0.25) is 0 Å². The topological polar surface area (TPSA) is 86.4 Å². The number of hydrogen-bond acceptors (Lipinski definition) is 6. The number of amides is 1. The minimum atomic E-state index is -0.432. The van der Waals surface area contributed by atoms with E-state index in [0.29, 0.717) is 15.9 Å². The zero-order valence-electron chi connectivity index (χ0n) is 15.2. The van der Waals surface area contributed by atoms with Gasteiger partial charge in [0.15, 0.2) is 0 Å². The molecule has 3 heterocycles. The Balaban J connectivity index is 2.08. The lowest BCUT2D eigenvalue weighted by Gasteiger charge is -2.17. The van der Waals surface area contributed by atoms with Crippen molar-refractivity contribution < 1.29 is 9.53 Å². The highest BCUT2D eigenvalue weighted by atomic mass is 32.2. The predicted molar refractivity (Wildman–Crippen MR) is 99.5 cm³/mol. The van der Waals surface area contributed by atoms with E-state index >= 15 is 0 Å². The Morgan fingerprint density at radius 1 is 1.23 bits per heavy atom. The third-order valence-electron chi connectivity index (χ3n) is 4.59. The molecule has 1 amide bonds. The second kappa shape index (κ2) is 7.63. The molecule has 1 fully saturated rings. The van der Waals surface area contributed by atoms with E-state index in [1.165, 1.54) is 23.4 Å². The predicted octanol–water partition coefficient (Wildman–Crippen LogP) is 0.493. The third kappa shape index (κ3) is 3.28. The molecule has 0 spiro atoms. The summed E-state index contributed by atoms with van der Waals surface area (Å²) in [4.78, 5) is 44.1. The summed E-state index contributed by atoms with van der Waals surface area (Å²) < 4.78 is 7.63. The van der Waals surface area contributed by atoms with E-state index in [0.717, 1.165) is 36.1 Å². The average Bonchev–Trinajstić information content (AvgIpc) is 3.18. The molecule has 0 N–H and O–H groups in total. The summed E-state index contributed by atoms with van der Waals surface area (Å²) in [7, 11) is 4.58. The van der Waals surface area contributed by atoms with Crippen molar-refractivity contribution in [2.24, 2.45) is 14.1 Å². The summed E-state index contributed by atoms with van der Waals surface area (Å²) >= 11 is 1.31. The summed E-state index contributed by atoms with van der Waals surface area (Å²) in [5, 5.41) is 0.350. The summed E-state index contributed by atoms with van der Waals surface area (Å²) in [6.45, 7) is 1.85. The van der Waals surface area contributed by atoms with Crippen molar-refractivity contribution in [3.05, 3.63) is 32.6 Å². The van der Waals surface area contributed by atoms with Gasteiger partial charge in [0.25, 0.3) is 5.56 Å². The number of ether oxygens (including phenoxy) is 1.